The number of hydrogen-bond acceptors (Lipinski definition) is 1. The van der Waals surface area contributed by atoms with Crippen LogP contribution in [0.3, 0.4) is 0 Å². The number of rotatable bonds is 5. The van der Waals surface area contributed by atoms with Crippen molar-refractivity contribution in [2.24, 2.45) is 5.92 Å². The van der Waals surface area contributed by atoms with Gasteiger partial charge in [0.25, 0.3) is 0 Å². The maximum atomic E-state index is 13.0. The average Bonchev–Trinajstić information content (AvgIpc) is 2.42. The minimum atomic E-state index is -0.158. The Bertz CT molecular complexity index is 379. The highest BCUT2D eigenvalue weighted by molar-refractivity contribution is 7.99. The average molecular weight is 301 g/mol. The van der Waals surface area contributed by atoms with Crippen molar-refractivity contribution in [3.8, 4) is 0 Å². The van der Waals surface area contributed by atoms with Crippen molar-refractivity contribution >= 4 is 23.4 Å². The summed E-state index contributed by atoms with van der Waals surface area (Å²) in [5, 5.41) is 0.710. The molecule has 0 unspecified atom stereocenters. The van der Waals surface area contributed by atoms with Gasteiger partial charge in [0.15, 0.2) is 0 Å². The van der Waals surface area contributed by atoms with Crippen LogP contribution in [0.1, 0.15) is 49.8 Å². The molecule has 0 nitrogen and oxygen atoms in total. The minimum Gasteiger partial charge on any atom is -0.207 e. The predicted octanol–water partition coefficient (Wildman–Crippen LogP) is 5.81. The van der Waals surface area contributed by atoms with Gasteiger partial charge in [-0.3, -0.25) is 0 Å². The van der Waals surface area contributed by atoms with Crippen LogP contribution in [0.2, 0.25) is 0 Å². The Morgan fingerprint density at radius 3 is 2.68 bits per heavy atom. The second kappa shape index (κ2) is 7.54. The van der Waals surface area contributed by atoms with Gasteiger partial charge in [-0.05, 0) is 42.2 Å². The molecule has 3 heteroatoms. The summed E-state index contributed by atoms with van der Waals surface area (Å²) in [7, 11) is 0. The number of unbranched alkanes of at least 4 members (excludes halogenated alkanes) is 2. The van der Waals surface area contributed by atoms with Gasteiger partial charge in [-0.15, -0.1) is 11.6 Å². The van der Waals surface area contributed by atoms with Crippen molar-refractivity contribution in [2.45, 2.75) is 49.7 Å². The molecule has 2 rings (SSSR count). The SMILES string of the molecule is CCCCC[C@@H]1[C@@H](Cl)CCS[C@H]1c1ccc(F)cc1. The smallest absolute Gasteiger partial charge is 0.123 e. The lowest BCUT2D eigenvalue weighted by atomic mass is 9.88. The van der Waals surface area contributed by atoms with Gasteiger partial charge < -0.3 is 0 Å². The topological polar surface area (TPSA) is 0 Å². The molecule has 3 atom stereocenters. The van der Waals surface area contributed by atoms with Gasteiger partial charge in [0.05, 0.1) is 0 Å². The molecule has 0 amide bonds. The first-order chi connectivity index (χ1) is 9.22. The van der Waals surface area contributed by atoms with Crippen molar-refractivity contribution in [1.29, 1.82) is 0 Å². The molecule has 0 saturated carbocycles. The fourth-order valence-electron chi connectivity index (χ4n) is 2.79. The van der Waals surface area contributed by atoms with Gasteiger partial charge in [-0.25, -0.2) is 4.39 Å². The Morgan fingerprint density at radius 1 is 1.26 bits per heavy atom. The van der Waals surface area contributed by atoms with Crippen molar-refractivity contribution in [3.05, 3.63) is 35.6 Å². The number of benzene rings is 1. The molecule has 0 bridgehead atoms. The van der Waals surface area contributed by atoms with E-state index in [-0.39, 0.29) is 11.2 Å². The highest BCUT2D eigenvalue weighted by Gasteiger charge is 2.33. The molecule has 106 valence electrons. The molecule has 1 saturated heterocycles. The Balaban J connectivity index is 2.08. The summed E-state index contributed by atoms with van der Waals surface area (Å²) in [6.45, 7) is 2.23. The summed E-state index contributed by atoms with van der Waals surface area (Å²) in [6.07, 6.45) is 6.06. The summed E-state index contributed by atoms with van der Waals surface area (Å²) >= 11 is 8.54. The van der Waals surface area contributed by atoms with Gasteiger partial charge in [0.2, 0.25) is 0 Å². The normalized spacial score (nSPS) is 27.4. The molecule has 0 N–H and O–H groups in total. The number of hydrogen-bond donors (Lipinski definition) is 0. The van der Waals surface area contributed by atoms with Crippen LogP contribution < -0.4 is 0 Å². The molecule has 1 aliphatic rings. The lowest BCUT2D eigenvalue weighted by Crippen LogP contribution is -2.26. The lowest BCUT2D eigenvalue weighted by Gasteiger charge is -2.35. The first-order valence-corrected chi connectivity index (χ1v) is 8.72. The van der Waals surface area contributed by atoms with E-state index in [2.05, 4.69) is 6.92 Å². The standard InChI is InChI=1S/C16H22ClFS/c1-2-3-4-5-14-15(17)10-11-19-16(14)12-6-8-13(18)9-7-12/h6-9,14-16H,2-5,10-11H2,1H3/t14-,15+,16+/m1/s1. The Labute approximate surface area is 125 Å². The molecule has 0 radical (unpaired) electrons. The van der Waals surface area contributed by atoms with Gasteiger partial charge >= 0.3 is 0 Å². The summed E-state index contributed by atoms with van der Waals surface area (Å²) < 4.78 is 13.0. The zero-order valence-corrected chi connectivity index (χ0v) is 13.0. The van der Waals surface area contributed by atoms with E-state index in [1.54, 1.807) is 12.1 Å². The van der Waals surface area contributed by atoms with E-state index in [4.69, 9.17) is 11.6 Å². The van der Waals surface area contributed by atoms with Crippen LogP contribution in [0, 0.1) is 11.7 Å². The number of alkyl halides is 1. The van der Waals surface area contributed by atoms with E-state index >= 15 is 0 Å². The van der Waals surface area contributed by atoms with Crippen molar-refractivity contribution in [1.82, 2.24) is 0 Å². The van der Waals surface area contributed by atoms with Crippen LogP contribution in [0.15, 0.2) is 24.3 Å². The number of halogens is 2. The fourth-order valence-corrected chi connectivity index (χ4v) is 4.96. The van der Waals surface area contributed by atoms with E-state index in [0.29, 0.717) is 11.2 Å². The first kappa shape index (κ1) is 15.2. The van der Waals surface area contributed by atoms with Crippen molar-refractivity contribution in [3.63, 3.8) is 0 Å². The van der Waals surface area contributed by atoms with Crippen LogP contribution in [0.5, 0.6) is 0 Å². The highest BCUT2D eigenvalue weighted by atomic mass is 35.5. The zero-order chi connectivity index (χ0) is 13.7. The second-order valence-corrected chi connectivity index (χ2v) is 7.12. The third-order valence-electron chi connectivity index (χ3n) is 3.88. The molecule has 0 spiro atoms. The van der Waals surface area contributed by atoms with E-state index in [9.17, 15) is 4.39 Å². The molecular weight excluding hydrogens is 279 g/mol. The summed E-state index contributed by atoms with van der Waals surface area (Å²) in [5.74, 6) is 1.48. The van der Waals surface area contributed by atoms with Gasteiger partial charge in [-0.1, -0.05) is 38.3 Å². The fraction of sp³-hybridized carbons (Fsp3) is 0.625. The van der Waals surface area contributed by atoms with E-state index in [0.717, 1.165) is 12.2 Å². The molecule has 0 aromatic heterocycles. The monoisotopic (exact) mass is 300 g/mol. The van der Waals surface area contributed by atoms with Crippen LogP contribution in [-0.4, -0.2) is 11.1 Å². The zero-order valence-electron chi connectivity index (χ0n) is 11.4. The minimum absolute atomic E-state index is 0.158. The van der Waals surface area contributed by atoms with E-state index < -0.39 is 0 Å². The summed E-state index contributed by atoms with van der Waals surface area (Å²) in [5.41, 5.74) is 1.23. The molecule has 1 fully saturated rings. The second-order valence-electron chi connectivity index (χ2n) is 5.31. The lowest BCUT2D eigenvalue weighted by molar-refractivity contribution is 0.412. The molecule has 1 aromatic carbocycles. The quantitative estimate of drug-likeness (QED) is 0.488. The van der Waals surface area contributed by atoms with Gasteiger partial charge in [0, 0.05) is 10.6 Å². The van der Waals surface area contributed by atoms with Crippen molar-refractivity contribution in [2.75, 3.05) is 5.75 Å². The third-order valence-corrected chi connectivity index (χ3v) is 5.88. The molecular formula is C16H22ClFS. The first-order valence-electron chi connectivity index (χ1n) is 7.23. The van der Waals surface area contributed by atoms with E-state index in [1.165, 1.54) is 31.2 Å². The highest BCUT2D eigenvalue weighted by Crippen LogP contribution is 2.46. The summed E-state index contributed by atoms with van der Waals surface area (Å²) in [4.78, 5) is 0. The summed E-state index contributed by atoms with van der Waals surface area (Å²) in [6, 6.07) is 6.98. The Kier molecular flexibility index (Phi) is 6.03. The molecule has 1 heterocycles. The van der Waals surface area contributed by atoms with Crippen LogP contribution >= 0.6 is 23.4 Å². The van der Waals surface area contributed by atoms with Crippen LogP contribution in [-0.2, 0) is 0 Å². The largest absolute Gasteiger partial charge is 0.207 e. The Hall–Kier alpha value is -0.210. The molecule has 1 aliphatic heterocycles. The molecule has 0 aliphatic carbocycles. The third kappa shape index (κ3) is 4.13. The molecule has 19 heavy (non-hydrogen) atoms. The maximum Gasteiger partial charge on any atom is 0.123 e. The van der Waals surface area contributed by atoms with Crippen LogP contribution in [0.25, 0.3) is 0 Å². The van der Waals surface area contributed by atoms with Gasteiger partial charge in [0.1, 0.15) is 5.82 Å². The predicted molar refractivity (Wildman–Crippen MR) is 83.5 cm³/mol. The Morgan fingerprint density at radius 2 is 2.00 bits per heavy atom. The maximum absolute atomic E-state index is 13.0. The molecule has 1 aromatic rings. The number of thioether (sulfide) groups is 1. The van der Waals surface area contributed by atoms with Gasteiger partial charge in [-0.2, -0.15) is 11.8 Å². The van der Waals surface area contributed by atoms with Crippen LogP contribution in [0.4, 0.5) is 4.39 Å². The van der Waals surface area contributed by atoms with E-state index in [1.807, 2.05) is 23.9 Å². The van der Waals surface area contributed by atoms with Crippen molar-refractivity contribution < 1.29 is 4.39 Å².